The van der Waals surface area contributed by atoms with Gasteiger partial charge < -0.3 is 13.9 Å². The lowest BCUT2D eigenvalue weighted by Gasteiger charge is -2.14. The zero-order valence-corrected chi connectivity index (χ0v) is 14.9. The van der Waals surface area contributed by atoms with Gasteiger partial charge in [-0.25, -0.2) is 9.59 Å². The van der Waals surface area contributed by atoms with Crippen molar-refractivity contribution < 1.29 is 18.7 Å². The highest BCUT2D eigenvalue weighted by Gasteiger charge is 2.15. The van der Waals surface area contributed by atoms with Crippen molar-refractivity contribution in [3.8, 4) is 16.9 Å². The second-order valence-electron chi connectivity index (χ2n) is 6.31. The van der Waals surface area contributed by atoms with Gasteiger partial charge in [-0.15, -0.1) is 0 Å². The molecule has 0 bridgehead atoms. The van der Waals surface area contributed by atoms with Crippen molar-refractivity contribution in [1.82, 2.24) is 0 Å². The van der Waals surface area contributed by atoms with Crippen molar-refractivity contribution in [3.63, 3.8) is 0 Å². The Labute approximate surface area is 151 Å². The first kappa shape index (κ1) is 17.7. The first-order valence-electron chi connectivity index (χ1n) is 8.40. The molecule has 5 heteroatoms. The van der Waals surface area contributed by atoms with Gasteiger partial charge in [0, 0.05) is 11.6 Å². The lowest BCUT2D eigenvalue weighted by atomic mass is 10.0. The molecule has 26 heavy (non-hydrogen) atoms. The molecule has 3 rings (SSSR count). The van der Waals surface area contributed by atoms with E-state index in [9.17, 15) is 9.59 Å². The van der Waals surface area contributed by atoms with Crippen LogP contribution in [0.4, 0.5) is 0 Å². The number of rotatable bonds is 5. The maximum absolute atomic E-state index is 12.0. The molecule has 0 atom stereocenters. The molecule has 0 saturated heterocycles. The van der Waals surface area contributed by atoms with E-state index in [-0.39, 0.29) is 12.7 Å². The fourth-order valence-electron chi connectivity index (χ4n) is 2.79. The van der Waals surface area contributed by atoms with Crippen LogP contribution in [0.15, 0.2) is 57.7 Å². The Morgan fingerprint density at radius 2 is 1.85 bits per heavy atom. The monoisotopic (exact) mass is 352 g/mol. The summed E-state index contributed by atoms with van der Waals surface area (Å²) in [7, 11) is 0. The van der Waals surface area contributed by atoms with Crippen LogP contribution in [0, 0.1) is 6.92 Å². The van der Waals surface area contributed by atoms with Crippen molar-refractivity contribution in [2.45, 2.75) is 26.9 Å². The molecule has 0 aliphatic carbocycles. The van der Waals surface area contributed by atoms with Crippen LogP contribution in [-0.4, -0.2) is 18.7 Å². The molecule has 0 spiro atoms. The van der Waals surface area contributed by atoms with Gasteiger partial charge >= 0.3 is 11.6 Å². The minimum Gasteiger partial charge on any atom is -0.481 e. The standard InChI is InChI=1S/C21H20O5/c1-13(2)25-20(23)12-24-17-9-14(3)10-18-21(17)16(11-19(22)26-18)15-7-5-4-6-8-15/h4-11,13H,12H2,1-3H3. The summed E-state index contributed by atoms with van der Waals surface area (Å²) in [5.41, 5.74) is 2.40. The van der Waals surface area contributed by atoms with E-state index in [0.717, 1.165) is 11.1 Å². The third kappa shape index (κ3) is 3.94. The van der Waals surface area contributed by atoms with E-state index in [1.54, 1.807) is 19.9 Å². The smallest absolute Gasteiger partial charge is 0.344 e. The average molecular weight is 352 g/mol. The molecule has 0 N–H and O–H groups in total. The van der Waals surface area contributed by atoms with Gasteiger partial charge in [-0.1, -0.05) is 30.3 Å². The Balaban J connectivity index is 2.10. The van der Waals surface area contributed by atoms with E-state index in [2.05, 4.69) is 0 Å². The van der Waals surface area contributed by atoms with Crippen LogP contribution in [0.3, 0.4) is 0 Å². The Morgan fingerprint density at radius 3 is 2.54 bits per heavy atom. The van der Waals surface area contributed by atoms with Gasteiger partial charge in [0.25, 0.3) is 0 Å². The summed E-state index contributed by atoms with van der Waals surface area (Å²) >= 11 is 0. The minimum absolute atomic E-state index is 0.210. The molecule has 134 valence electrons. The summed E-state index contributed by atoms with van der Waals surface area (Å²) in [6.45, 7) is 5.21. The summed E-state index contributed by atoms with van der Waals surface area (Å²) in [5.74, 6) is 0.0246. The van der Waals surface area contributed by atoms with Gasteiger partial charge in [0.1, 0.15) is 11.3 Å². The second kappa shape index (κ2) is 7.44. The fraction of sp³-hybridized carbons (Fsp3) is 0.238. The predicted molar refractivity (Wildman–Crippen MR) is 99.4 cm³/mol. The molecule has 1 heterocycles. The van der Waals surface area contributed by atoms with E-state index in [1.807, 2.05) is 43.3 Å². The molecule has 1 aromatic heterocycles. The van der Waals surface area contributed by atoms with Gasteiger partial charge in [0.15, 0.2) is 6.61 Å². The SMILES string of the molecule is Cc1cc(OCC(=O)OC(C)C)c2c(-c3ccccc3)cc(=O)oc2c1. The number of fused-ring (bicyclic) bond motifs is 1. The molecule has 0 aliphatic rings. The predicted octanol–water partition coefficient (Wildman–Crippen LogP) is 4.10. The van der Waals surface area contributed by atoms with Crippen LogP contribution in [0.1, 0.15) is 19.4 Å². The number of hydrogen-bond donors (Lipinski definition) is 0. The topological polar surface area (TPSA) is 65.7 Å². The number of benzene rings is 2. The highest BCUT2D eigenvalue weighted by atomic mass is 16.6. The number of esters is 1. The van der Waals surface area contributed by atoms with Crippen LogP contribution in [0.5, 0.6) is 5.75 Å². The average Bonchev–Trinajstić information content (AvgIpc) is 2.58. The maximum atomic E-state index is 12.0. The summed E-state index contributed by atoms with van der Waals surface area (Å²) in [5, 5.41) is 0.652. The number of carbonyl (C=O) groups excluding carboxylic acids is 1. The molecule has 0 radical (unpaired) electrons. The minimum atomic E-state index is -0.451. The first-order chi connectivity index (χ1) is 12.4. The van der Waals surface area contributed by atoms with Crippen molar-refractivity contribution in [2.75, 3.05) is 6.61 Å². The van der Waals surface area contributed by atoms with E-state index in [4.69, 9.17) is 13.9 Å². The zero-order chi connectivity index (χ0) is 18.7. The molecule has 0 aliphatic heterocycles. The quantitative estimate of drug-likeness (QED) is 0.511. The summed E-state index contributed by atoms with van der Waals surface area (Å²) in [6, 6.07) is 14.5. The zero-order valence-electron chi connectivity index (χ0n) is 14.9. The third-order valence-electron chi connectivity index (χ3n) is 3.75. The highest BCUT2D eigenvalue weighted by molar-refractivity contribution is 5.98. The van der Waals surface area contributed by atoms with Crippen molar-refractivity contribution >= 4 is 16.9 Å². The Bertz CT molecular complexity index is 986. The fourth-order valence-corrected chi connectivity index (χ4v) is 2.79. The summed E-state index contributed by atoms with van der Waals surface area (Å²) < 4.78 is 16.2. The van der Waals surface area contributed by atoms with Crippen molar-refractivity contribution in [2.24, 2.45) is 0 Å². The van der Waals surface area contributed by atoms with E-state index in [0.29, 0.717) is 22.3 Å². The molecule has 5 nitrogen and oxygen atoms in total. The van der Waals surface area contributed by atoms with Crippen LogP contribution < -0.4 is 10.4 Å². The van der Waals surface area contributed by atoms with Crippen molar-refractivity contribution in [3.05, 3.63) is 64.5 Å². The largest absolute Gasteiger partial charge is 0.481 e. The number of ether oxygens (including phenoxy) is 2. The van der Waals surface area contributed by atoms with E-state index >= 15 is 0 Å². The number of aryl methyl sites for hydroxylation is 1. The van der Waals surface area contributed by atoms with Gasteiger partial charge in [0.2, 0.25) is 0 Å². The van der Waals surface area contributed by atoms with Crippen molar-refractivity contribution in [1.29, 1.82) is 0 Å². The normalized spacial score (nSPS) is 10.9. The molecule has 0 saturated carbocycles. The molecule has 0 fully saturated rings. The first-order valence-corrected chi connectivity index (χ1v) is 8.40. The van der Waals surface area contributed by atoms with Crippen LogP contribution in [0.2, 0.25) is 0 Å². The van der Waals surface area contributed by atoms with E-state index < -0.39 is 11.6 Å². The third-order valence-corrected chi connectivity index (χ3v) is 3.75. The Kier molecular flexibility index (Phi) is 5.07. The lowest BCUT2D eigenvalue weighted by molar-refractivity contribution is -0.149. The number of carbonyl (C=O) groups is 1. The van der Waals surface area contributed by atoms with Gasteiger partial charge in [-0.3, -0.25) is 0 Å². The van der Waals surface area contributed by atoms with Gasteiger partial charge in [0.05, 0.1) is 11.5 Å². The number of hydrogen-bond acceptors (Lipinski definition) is 5. The second-order valence-corrected chi connectivity index (χ2v) is 6.31. The van der Waals surface area contributed by atoms with Crippen LogP contribution in [0.25, 0.3) is 22.1 Å². The molecule has 0 amide bonds. The Morgan fingerprint density at radius 1 is 1.12 bits per heavy atom. The van der Waals surface area contributed by atoms with Crippen LogP contribution >= 0.6 is 0 Å². The highest BCUT2D eigenvalue weighted by Crippen LogP contribution is 2.35. The Hall–Kier alpha value is -3.08. The van der Waals surface area contributed by atoms with E-state index in [1.165, 1.54) is 6.07 Å². The van der Waals surface area contributed by atoms with Gasteiger partial charge in [-0.2, -0.15) is 0 Å². The maximum Gasteiger partial charge on any atom is 0.344 e. The molecular formula is C21H20O5. The molecular weight excluding hydrogens is 332 g/mol. The molecule has 3 aromatic rings. The molecule has 0 unspecified atom stereocenters. The van der Waals surface area contributed by atoms with Gasteiger partial charge in [-0.05, 0) is 44.0 Å². The summed E-state index contributed by atoms with van der Waals surface area (Å²) in [6.07, 6.45) is -0.210. The van der Waals surface area contributed by atoms with Crippen LogP contribution in [-0.2, 0) is 9.53 Å². The lowest BCUT2D eigenvalue weighted by Crippen LogP contribution is -2.19. The molecule has 2 aromatic carbocycles. The summed E-state index contributed by atoms with van der Waals surface area (Å²) in [4.78, 5) is 23.8.